The molecule has 3 heteroatoms. The van der Waals surface area contributed by atoms with Gasteiger partial charge in [-0.05, 0) is 46.2 Å². The zero-order chi connectivity index (χ0) is 22.1. The van der Waals surface area contributed by atoms with Crippen LogP contribution in [0, 0.1) is 0 Å². The van der Waals surface area contributed by atoms with Crippen molar-refractivity contribution in [2.45, 2.75) is 71.8 Å². The molecule has 0 amide bonds. The molecular formula is C27H38Si3. The smallest absolute Gasteiger partial charge is 0.0782 e. The van der Waals surface area contributed by atoms with Crippen LogP contribution in [0.1, 0.15) is 23.1 Å². The number of rotatable bonds is 4. The van der Waals surface area contributed by atoms with Crippen LogP contribution in [0.5, 0.6) is 0 Å². The average Bonchev–Trinajstić information content (AvgIpc) is 3.24. The van der Waals surface area contributed by atoms with Crippen molar-refractivity contribution in [3.63, 3.8) is 0 Å². The lowest BCUT2D eigenvalue weighted by Crippen LogP contribution is -2.68. The molecule has 2 aliphatic rings. The van der Waals surface area contributed by atoms with Crippen LogP contribution in [-0.2, 0) is 6.42 Å². The Morgan fingerprint density at radius 2 is 1.23 bits per heavy atom. The first-order valence-corrected chi connectivity index (χ1v) is 22.0. The van der Waals surface area contributed by atoms with Crippen LogP contribution >= 0.6 is 0 Å². The first kappa shape index (κ1) is 21.8. The largest absolute Gasteiger partial charge is 0.0801 e. The lowest BCUT2D eigenvalue weighted by atomic mass is 9.94. The Bertz CT molecular complexity index is 1080. The van der Waals surface area contributed by atoms with Crippen molar-refractivity contribution in [2.24, 2.45) is 0 Å². The highest BCUT2D eigenvalue weighted by Crippen LogP contribution is 2.41. The van der Waals surface area contributed by atoms with Crippen molar-refractivity contribution in [1.29, 1.82) is 0 Å². The molecule has 0 spiro atoms. The van der Waals surface area contributed by atoms with E-state index in [2.05, 4.69) is 101 Å². The fourth-order valence-electron chi connectivity index (χ4n) is 5.62. The van der Waals surface area contributed by atoms with E-state index in [1.54, 1.807) is 32.6 Å². The number of allylic oxidation sites excluding steroid dienone is 4. The summed E-state index contributed by atoms with van der Waals surface area (Å²) in [6, 6.07) is 9.25. The van der Waals surface area contributed by atoms with Gasteiger partial charge in [-0.3, -0.25) is 0 Å². The molecule has 0 heterocycles. The molecule has 4 rings (SSSR count). The van der Waals surface area contributed by atoms with Crippen LogP contribution in [-0.4, -0.2) is 24.2 Å². The highest BCUT2D eigenvalue weighted by atomic mass is 28.3. The number of fused-ring (bicyclic) bond motifs is 3. The summed E-state index contributed by atoms with van der Waals surface area (Å²) in [5.41, 5.74) is 9.59. The minimum Gasteiger partial charge on any atom is -0.0801 e. The molecule has 2 aromatic rings. The molecule has 0 N–H and O–H groups in total. The van der Waals surface area contributed by atoms with Gasteiger partial charge in [0.1, 0.15) is 0 Å². The van der Waals surface area contributed by atoms with Crippen LogP contribution in [0.3, 0.4) is 0 Å². The van der Waals surface area contributed by atoms with Gasteiger partial charge >= 0.3 is 0 Å². The lowest BCUT2D eigenvalue weighted by molar-refractivity contribution is 1.24. The summed E-state index contributed by atoms with van der Waals surface area (Å²) in [5.74, 6) is 0. The molecule has 0 bridgehead atoms. The molecule has 0 saturated heterocycles. The van der Waals surface area contributed by atoms with Gasteiger partial charge in [0.05, 0.1) is 24.2 Å². The third kappa shape index (κ3) is 3.49. The zero-order valence-corrected chi connectivity index (χ0v) is 23.5. The third-order valence-electron chi connectivity index (χ3n) is 6.60. The quantitative estimate of drug-likeness (QED) is 0.416. The summed E-state index contributed by atoms with van der Waals surface area (Å²) >= 11 is 0. The van der Waals surface area contributed by atoms with Crippen LogP contribution in [0.2, 0.25) is 58.9 Å². The van der Waals surface area contributed by atoms with Gasteiger partial charge < -0.3 is 0 Å². The van der Waals surface area contributed by atoms with Crippen molar-refractivity contribution in [1.82, 2.24) is 0 Å². The van der Waals surface area contributed by atoms with Crippen molar-refractivity contribution in [2.75, 3.05) is 0 Å². The van der Waals surface area contributed by atoms with Crippen LogP contribution in [0.15, 0.2) is 42.5 Å². The normalized spacial score (nSPS) is 16.0. The fraction of sp³-hybridized carbons (Fsp3) is 0.407. The van der Waals surface area contributed by atoms with Gasteiger partial charge in [-0.2, -0.15) is 0 Å². The van der Waals surface area contributed by atoms with E-state index in [0.717, 1.165) is 12.8 Å². The van der Waals surface area contributed by atoms with Crippen molar-refractivity contribution >= 4 is 45.4 Å². The molecule has 0 aliphatic heterocycles. The maximum Gasteiger partial charge on any atom is 0.0782 e. The van der Waals surface area contributed by atoms with Gasteiger partial charge in [-0.1, -0.05) is 117 Å². The lowest BCUT2D eigenvalue weighted by Gasteiger charge is -2.39. The highest BCUT2D eigenvalue weighted by Gasteiger charge is 2.41. The third-order valence-corrected chi connectivity index (χ3v) is 13.1. The molecule has 0 saturated carbocycles. The Morgan fingerprint density at radius 1 is 0.667 bits per heavy atom. The predicted molar refractivity (Wildman–Crippen MR) is 145 cm³/mol. The molecule has 2 aromatic carbocycles. The summed E-state index contributed by atoms with van der Waals surface area (Å²) in [5, 5.41) is 5.44. The minimum absolute atomic E-state index is 1.09. The Kier molecular flexibility index (Phi) is 5.12. The molecule has 0 radical (unpaired) electrons. The summed E-state index contributed by atoms with van der Waals surface area (Å²) < 4.78 is 0. The molecule has 0 aromatic heterocycles. The zero-order valence-electron chi connectivity index (χ0n) is 20.5. The van der Waals surface area contributed by atoms with E-state index in [0.29, 0.717) is 0 Å². The van der Waals surface area contributed by atoms with Crippen molar-refractivity contribution in [3.05, 3.63) is 59.2 Å². The van der Waals surface area contributed by atoms with Crippen LogP contribution in [0.25, 0.3) is 16.7 Å². The predicted octanol–water partition coefficient (Wildman–Crippen LogP) is 6.24. The summed E-state index contributed by atoms with van der Waals surface area (Å²) in [6.07, 6.45) is 9.23. The summed E-state index contributed by atoms with van der Waals surface area (Å²) in [4.78, 5) is 0. The van der Waals surface area contributed by atoms with E-state index in [-0.39, 0.29) is 0 Å². The van der Waals surface area contributed by atoms with Gasteiger partial charge in [0, 0.05) is 0 Å². The topological polar surface area (TPSA) is 0 Å². The first-order chi connectivity index (χ1) is 13.8. The van der Waals surface area contributed by atoms with E-state index >= 15 is 0 Å². The molecule has 0 fully saturated rings. The second-order valence-electron chi connectivity index (χ2n) is 12.3. The number of benzene rings is 2. The SMILES string of the molecule is C[Si](C)(C)c1c(C2=CC=CC2)c2c(c([Si](C)(C)C)c1[Si](C)(C)C)-c1ccccc1C2. The maximum atomic E-state index is 2.59. The van der Waals surface area contributed by atoms with Gasteiger partial charge in [0.2, 0.25) is 0 Å². The molecule has 158 valence electrons. The van der Waals surface area contributed by atoms with Gasteiger partial charge in [0.15, 0.2) is 0 Å². The number of hydrogen-bond donors (Lipinski definition) is 0. The Morgan fingerprint density at radius 3 is 1.77 bits per heavy atom. The Balaban J connectivity index is 2.28. The highest BCUT2D eigenvalue weighted by molar-refractivity contribution is 7.04. The molecular weight excluding hydrogens is 409 g/mol. The van der Waals surface area contributed by atoms with E-state index in [1.807, 2.05) is 5.19 Å². The minimum atomic E-state index is -1.57. The molecule has 0 atom stereocenters. The van der Waals surface area contributed by atoms with E-state index < -0.39 is 24.2 Å². The Hall–Kier alpha value is -1.43. The van der Waals surface area contributed by atoms with E-state index in [4.69, 9.17) is 0 Å². The van der Waals surface area contributed by atoms with Gasteiger partial charge in [-0.25, -0.2) is 0 Å². The maximum absolute atomic E-state index is 2.59. The van der Waals surface area contributed by atoms with Crippen LogP contribution in [0.4, 0.5) is 0 Å². The standard InChI is InChI=1S/C27H38Si3/c1-28(2,3)25-23(19-14-10-11-15-19)22-18-20-16-12-13-17-21(20)24(22)26(29(4,5)6)27(25)30(7,8)9/h10-14,16-17H,15,18H2,1-9H3. The van der Waals surface area contributed by atoms with Crippen molar-refractivity contribution < 1.29 is 0 Å². The van der Waals surface area contributed by atoms with Crippen molar-refractivity contribution in [3.8, 4) is 11.1 Å². The monoisotopic (exact) mass is 446 g/mol. The van der Waals surface area contributed by atoms with Crippen LogP contribution < -0.4 is 15.6 Å². The molecule has 0 unspecified atom stereocenters. The molecule has 0 nitrogen and oxygen atoms in total. The van der Waals surface area contributed by atoms with Gasteiger partial charge in [-0.15, -0.1) is 0 Å². The summed E-state index contributed by atoms with van der Waals surface area (Å²) in [7, 11) is -4.70. The second kappa shape index (κ2) is 7.04. The fourth-order valence-corrected chi connectivity index (χ4v) is 15.8. The average molecular weight is 447 g/mol. The molecule has 30 heavy (non-hydrogen) atoms. The van der Waals surface area contributed by atoms with E-state index in [1.165, 1.54) is 11.1 Å². The first-order valence-electron chi connectivity index (χ1n) is 11.5. The Labute approximate surface area is 187 Å². The second-order valence-corrected chi connectivity index (χ2v) is 27.3. The van der Waals surface area contributed by atoms with E-state index in [9.17, 15) is 0 Å². The van der Waals surface area contributed by atoms with Gasteiger partial charge in [0.25, 0.3) is 0 Å². The summed E-state index contributed by atoms with van der Waals surface area (Å²) in [6.45, 7) is 23.3. The molecule has 2 aliphatic carbocycles. The number of hydrogen-bond acceptors (Lipinski definition) is 0.